The maximum atomic E-state index is 13.0. The molecule has 4 amide bonds. The van der Waals surface area contributed by atoms with Crippen molar-refractivity contribution in [2.45, 2.75) is 38.6 Å². The van der Waals surface area contributed by atoms with Gasteiger partial charge in [0.15, 0.2) is 0 Å². The quantitative estimate of drug-likeness (QED) is 0.850. The average molecular weight is 347 g/mol. The molecule has 1 aromatic carbocycles. The van der Waals surface area contributed by atoms with E-state index in [0.717, 1.165) is 24.2 Å². The zero-order valence-electron chi connectivity index (χ0n) is 14.2. The molecule has 1 atom stereocenters. The monoisotopic (exact) mass is 347 g/mol. The van der Waals surface area contributed by atoms with E-state index in [1.807, 2.05) is 0 Å². The van der Waals surface area contributed by atoms with Crippen molar-refractivity contribution in [2.24, 2.45) is 5.92 Å². The van der Waals surface area contributed by atoms with Crippen molar-refractivity contribution in [3.63, 3.8) is 0 Å². The van der Waals surface area contributed by atoms with Gasteiger partial charge >= 0.3 is 6.03 Å². The number of halogens is 1. The molecule has 0 spiro atoms. The van der Waals surface area contributed by atoms with Crippen LogP contribution < -0.4 is 10.2 Å². The normalized spacial score (nSPS) is 21.6. The van der Waals surface area contributed by atoms with Gasteiger partial charge in [0.2, 0.25) is 5.91 Å². The van der Waals surface area contributed by atoms with Crippen LogP contribution in [-0.4, -0.2) is 41.9 Å². The van der Waals surface area contributed by atoms with Gasteiger partial charge in [-0.15, -0.1) is 0 Å². The van der Waals surface area contributed by atoms with E-state index in [-0.39, 0.29) is 12.3 Å². The summed E-state index contributed by atoms with van der Waals surface area (Å²) in [5, 5.41) is 2.55. The molecule has 1 unspecified atom stereocenters. The molecule has 2 heterocycles. The molecule has 0 aliphatic carbocycles. The maximum absolute atomic E-state index is 13.0. The minimum absolute atomic E-state index is 0.0426. The highest BCUT2D eigenvalue weighted by atomic mass is 19.1. The Kier molecular flexibility index (Phi) is 5.01. The van der Waals surface area contributed by atoms with E-state index >= 15 is 0 Å². The zero-order chi connectivity index (χ0) is 18.0. The predicted molar refractivity (Wildman–Crippen MR) is 90.4 cm³/mol. The molecule has 2 aliphatic heterocycles. The topological polar surface area (TPSA) is 69.7 Å². The smallest absolute Gasteiger partial charge is 0.329 e. The van der Waals surface area contributed by atoms with Crippen molar-refractivity contribution in [1.82, 2.24) is 10.2 Å². The third-order valence-electron chi connectivity index (χ3n) is 5.03. The standard InChI is InChI=1S/C18H22FN3O3/c1-2-12-7-9-21(10-8-12)16(23)11-15-17(24)22(18(25)20-15)14-5-3-13(19)4-6-14/h3-6,12,15H,2,7-11H2,1H3,(H,20,25). The lowest BCUT2D eigenvalue weighted by Crippen LogP contribution is -2.42. The Morgan fingerprint density at radius 2 is 1.84 bits per heavy atom. The highest BCUT2D eigenvalue weighted by molar-refractivity contribution is 6.22. The van der Waals surface area contributed by atoms with Crippen LogP contribution in [-0.2, 0) is 9.59 Å². The Morgan fingerprint density at radius 1 is 1.20 bits per heavy atom. The molecule has 2 saturated heterocycles. The van der Waals surface area contributed by atoms with Crippen LogP contribution in [0.4, 0.5) is 14.9 Å². The number of hydrogen-bond acceptors (Lipinski definition) is 3. The third-order valence-corrected chi connectivity index (χ3v) is 5.03. The first kappa shape index (κ1) is 17.4. The van der Waals surface area contributed by atoms with E-state index in [0.29, 0.717) is 24.7 Å². The molecule has 0 aromatic heterocycles. The number of carbonyl (C=O) groups is 3. The Hall–Kier alpha value is -2.44. The Labute approximate surface area is 146 Å². The number of nitrogens with one attached hydrogen (secondary N) is 1. The van der Waals surface area contributed by atoms with Crippen LogP contribution in [0.15, 0.2) is 24.3 Å². The number of hydrogen-bond donors (Lipinski definition) is 1. The van der Waals surface area contributed by atoms with Crippen molar-refractivity contribution in [3.8, 4) is 0 Å². The van der Waals surface area contributed by atoms with E-state index in [9.17, 15) is 18.8 Å². The van der Waals surface area contributed by atoms with Crippen molar-refractivity contribution in [3.05, 3.63) is 30.1 Å². The molecular weight excluding hydrogens is 325 g/mol. The lowest BCUT2D eigenvalue weighted by Gasteiger charge is -2.32. The van der Waals surface area contributed by atoms with Gasteiger partial charge in [0, 0.05) is 13.1 Å². The number of amides is 4. The van der Waals surface area contributed by atoms with Crippen molar-refractivity contribution >= 4 is 23.5 Å². The molecule has 6 nitrogen and oxygen atoms in total. The van der Waals surface area contributed by atoms with Crippen molar-refractivity contribution in [1.29, 1.82) is 0 Å². The van der Waals surface area contributed by atoms with Gasteiger partial charge in [-0.05, 0) is 43.0 Å². The third kappa shape index (κ3) is 3.65. The number of rotatable bonds is 4. The second-order valence-electron chi connectivity index (χ2n) is 6.59. The second-order valence-corrected chi connectivity index (χ2v) is 6.59. The van der Waals surface area contributed by atoms with Crippen molar-refractivity contribution in [2.75, 3.05) is 18.0 Å². The van der Waals surface area contributed by atoms with Crippen LogP contribution in [0.1, 0.15) is 32.6 Å². The Bertz CT molecular complexity index is 669. The lowest BCUT2D eigenvalue weighted by atomic mass is 9.94. The van der Waals surface area contributed by atoms with Gasteiger partial charge in [0.25, 0.3) is 5.91 Å². The van der Waals surface area contributed by atoms with Crippen LogP contribution in [0.5, 0.6) is 0 Å². The Morgan fingerprint density at radius 3 is 2.44 bits per heavy atom. The number of benzene rings is 1. The molecule has 1 N–H and O–H groups in total. The predicted octanol–water partition coefficient (Wildman–Crippen LogP) is 2.29. The second kappa shape index (κ2) is 7.21. The number of piperidine rings is 1. The summed E-state index contributed by atoms with van der Waals surface area (Å²) in [6.07, 6.45) is 3.04. The highest BCUT2D eigenvalue weighted by Gasteiger charge is 2.40. The van der Waals surface area contributed by atoms with E-state index in [2.05, 4.69) is 12.2 Å². The summed E-state index contributed by atoms with van der Waals surface area (Å²) in [6, 6.07) is 3.66. The summed E-state index contributed by atoms with van der Waals surface area (Å²) in [4.78, 5) is 39.8. The Balaban J connectivity index is 1.62. The first-order chi connectivity index (χ1) is 12.0. The summed E-state index contributed by atoms with van der Waals surface area (Å²) in [5.74, 6) is -0.383. The largest absolute Gasteiger partial charge is 0.343 e. The zero-order valence-corrected chi connectivity index (χ0v) is 14.2. The molecule has 0 saturated carbocycles. The van der Waals surface area contributed by atoms with Crippen molar-refractivity contribution < 1.29 is 18.8 Å². The molecule has 1 aromatic rings. The first-order valence-electron chi connectivity index (χ1n) is 8.67. The minimum atomic E-state index is -0.867. The van der Waals surface area contributed by atoms with Gasteiger partial charge in [0.1, 0.15) is 11.9 Å². The summed E-state index contributed by atoms with van der Waals surface area (Å²) < 4.78 is 13.0. The summed E-state index contributed by atoms with van der Waals surface area (Å²) in [5.41, 5.74) is 0.294. The van der Waals surface area contributed by atoms with Gasteiger partial charge in [-0.2, -0.15) is 0 Å². The lowest BCUT2D eigenvalue weighted by molar-refractivity contribution is -0.134. The molecule has 0 bridgehead atoms. The van der Waals surface area contributed by atoms with Gasteiger partial charge < -0.3 is 10.2 Å². The fourth-order valence-corrected chi connectivity index (χ4v) is 3.40. The van der Waals surface area contributed by atoms with E-state index in [1.54, 1.807) is 4.90 Å². The molecule has 3 rings (SSSR count). The average Bonchev–Trinajstić information content (AvgIpc) is 2.89. The number of urea groups is 1. The summed E-state index contributed by atoms with van der Waals surface area (Å²) in [7, 11) is 0. The van der Waals surface area contributed by atoms with Gasteiger partial charge in [-0.25, -0.2) is 14.1 Å². The number of likely N-dealkylation sites (tertiary alicyclic amines) is 1. The summed E-state index contributed by atoms with van der Waals surface area (Å²) in [6.45, 7) is 3.56. The first-order valence-corrected chi connectivity index (χ1v) is 8.67. The van der Waals surface area contributed by atoms with Gasteiger partial charge in [0.05, 0.1) is 12.1 Å². The molecule has 2 aliphatic rings. The highest BCUT2D eigenvalue weighted by Crippen LogP contribution is 2.23. The minimum Gasteiger partial charge on any atom is -0.343 e. The maximum Gasteiger partial charge on any atom is 0.329 e. The van der Waals surface area contributed by atoms with Crippen LogP contribution in [0.3, 0.4) is 0 Å². The fourth-order valence-electron chi connectivity index (χ4n) is 3.40. The number of anilines is 1. The SMILES string of the molecule is CCC1CCN(C(=O)CC2NC(=O)N(c3ccc(F)cc3)C2=O)CC1. The van der Waals surface area contributed by atoms with Gasteiger partial charge in [-0.1, -0.05) is 13.3 Å². The summed E-state index contributed by atoms with van der Waals surface area (Å²) >= 11 is 0. The van der Waals surface area contributed by atoms with Crippen LogP contribution in [0.2, 0.25) is 0 Å². The molecule has 134 valence electrons. The molecule has 0 radical (unpaired) electrons. The molecule has 2 fully saturated rings. The number of carbonyl (C=O) groups excluding carboxylic acids is 3. The van der Waals surface area contributed by atoms with Gasteiger partial charge in [-0.3, -0.25) is 9.59 Å². The van der Waals surface area contributed by atoms with Crippen LogP contribution in [0, 0.1) is 11.7 Å². The van der Waals surface area contributed by atoms with E-state index in [4.69, 9.17) is 0 Å². The van der Waals surface area contributed by atoms with E-state index in [1.165, 1.54) is 24.3 Å². The van der Waals surface area contributed by atoms with E-state index < -0.39 is 23.8 Å². The molecule has 7 heteroatoms. The molecule has 25 heavy (non-hydrogen) atoms. The van der Waals surface area contributed by atoms with Crippen LogP contribution >= 0.6 is 0 Å². The van der Waals surface area contributed by atoms with Crippen LogP contribution in [0.25, 0.3) is 0 Å². The fraction of sp³-hybridized carbons (Fsp3) is 0.500. The number of imide groups is 1. The molecular formula is C18H22FN3O3. The number of nitrogens with zero attached hydrogens (tertiary/aromatic N) is 2.